The minimum Gasteiger partial charge on any atom is -0.353 e. The summed E-state index contributed by atoms with van der Waals surface area (Å²) in [6.07, 6.45) is 7.80. The number of rotatable bonds is 3. The first-order valence-corrected chi connectivity index (χ1v) is 5.79. The molecule has 80 valence electrons. The van der Waals surface area contributed by atoms with E-state index in [0.717, 1.165) is 19.3 Å². The van der Waals surface area contributed by atoms with Crippen LogP contribution in [0.15, 0.2) is 0 Å². The Morgan fingerprint density at radius 1 is 1.29 bits per heavy atom. The van der Waals surface area contributed by atoms with Gasteiger partial charge in [0.05, 0.1) is 0 Å². The molecule has 0 spiro atoms. The number of amides is 1. The second-order valence-electron chi connectivity index (χ2n) is 4.85. The summed E-state index contributed by atoms with van der Waals surface area (Å²) in [5.41, 5.74) is 5.66. The van der Waals surface area contributed by atoms with Gasteiger partial charge in [-0.1, -0.05) is 12.8 Å². The Morgan fingerprint density at radius 3 is 2.50 bits per heavy atom. The van der Waals surface area contributed by atoms with Crippen molar-refractivity contribution in [1.29, 1.82) is 0 Å². The molecule has 0 saturated heterocycles. The minimum atomic E-state index is 0.244. The van der Waals surface area contributed by atoms with Gasteiger partial charge in [-0.25, -0.2) is 0 Å². The van der Waals surface area contributed by atoms with E-state index in [2.05, 4.69) is 5.32 Å². The molecule has 3 nitrogen and oxygen atoms in total. The predicted molar refractivity (Wildman–Crippen MR) is 55.7 cm³/mol. The fourth-order valence-electron chi connectivity index (χ4n) is 2.54. The predicted octanol–water partition coefficient (Wildman–Crippen LogP) is 1.17. The average Bonchev–Trinajstić information content (AvgIpc) is 2.54. The maximum Gasteiger partial charge on any atom is 0.220 e. The van der Waals surface area contributed by atoms with Crippen LogP contribution in [0.25, 0.3) is 0 Å². The van der Waals surface area contributed by atoms with Crippen LogP contribution in [0.2, 0.25) is 0 Å². The van der Waals surface area contributed by atoms with E-state index in [-0.39, 0.29) is 5.91 Å². The van der Waals surface area contributed by atoms with Crippen molar-refractivity contribution in [3.05, 3.63) is 0 Å². The lowest BCUT2D eigenvalue weighted by molar-refractivity contribution is -0.123. The molecule has 2 aliphatic rings. The van der Waals surface area contributed by atoms with Crippen molar-refractivity contribution in [2.45, 2.75) is 57.0 Å². The molecular formula is C11H20N2O. The molecule has 14 heavy (non-hydrogen) atoms. The normalized spacial score (nSPS) is 32.6. The molecule has 2 fully saturated rings. The maximum atomic E-state index is 11.6. The third kappa shape index (κ3) is 2.47. The molecule has 0 unspecified atom stereocenters. The third-order valence-corrected chi connectivity index (χ3v) is 3.49. The number of hydrogen-bond acceptors (Lipinski definition) is 2. The minimum absolute atomic E-state index is 0.244. The van der Waals surface area contributed by atoms with Crippen molar-refractivity contribution >= 4 is 5.91 Å². The van der Waals surface area contributed by atoms with Crippen molar-refractivity contribution in [3.63, 3.8) is 0 Å². The fraction of sp³-hybridized carbons (Fsp3) is 0.909. The molecule has 2 aliphatic carbocycles. The van der Waals surface area contributed by atoms with E-state index in [1.54, 1.807) is 0 Å². The largest absolute Gasteiger partial charge is 0.353 e. The van der Waals surface area contributed by atoms with Crippen molar-refractivity contribution < 1.29 is 4.79 Å². The van der Waals surface area contributed by atoms with E-state index >= 15 is 0 Å². The Balaban J connectivity index is 1.63. The summed E-state index contributed by atoms with van der Waals surface area (Å²) in [5, 5.41) is 3.05. The quantitative estimate of drug-likeness (QED) is 0.712. The van der Waals surface area contributed by atoms with E-state index in [9.17, 15) is 4.79 Å². The SMILES string of the molecule is NC1CC(NC(=O)CC2CCCC2)C1. The lowest BCUT2D eigenvalue weighted by atomic mass is 9.87. The number of hydrogen-bond donors (Lipinski definition) is 2. The lowest BCUT2D eigenvalue weighted by Crippen LogP contribution is -2.50. The molecule has 0 atom stereocenters. The monoisotopic (exact) mass is 196 g/mol. The molecule has 0 aliphatic heterocycles. The van der Waals surface area contributed by atoms with Crippen LogP contribution in [0.3, 0.4) is 0 Å². The van der Waals surface area contributed by atoms with E-state index in [1.807, 2.05) is 0 Å². The van der Waals surface area contributed by atoms with Crippen molar-refractivity contribution in [1.82, 2.24) is 5.32 Å². The fourth-order valence-corrected chi connectivity index (χ4v) is 2.54. The van der Waals surface area contributed by atoms with Crippen LogP contribution in [0, 0.1) is 5.92 Å². The lowest BCUT2D eigenvalue weighted by Gasteiger charge is -2.33. The Morgan fingerprint density at radius 2 is 1.93 bits per heavy atom. The van der Waals surface area contributed by atoms with Crippen LogP contribution in [0.4, 0.5) is 0 Å². The van der Waals surface area contributed by atoms with Crippen molar-refractivity contribution in [3.8, 4) is 0 Å². The summed E-state index contributed by atoms with van der Waals surface area (Å²) in [5.74, 6) is 0.901. The van der Waals surface area contributed by atoms with Gasteiger partial charge in [-0.05, 0) is 31.6 Å². The highest BCUT2D eigenvalue weighted by Crippen LogP contribution is 2.27. The average molecular weight is 196 g/mol. The molecule has 1 amide bonds. The summed E-state index contributed by atoms with van der Waals surface area (Å²) < 4.78 is 0. The zero-order valence-electron chi connectivity index (χ0n) is 8.67. The summed E-state index contributed by atoms with van der Waals surface area (Å²) in [6.45, 7) is 0. The molecule has 0 radical (unpaired) electrons. The van der Waals surface area contributed by atoms with Crippen LogP contribution in [-0.4, -0.2) is 18.0 Å². The topological polar surface area (TPSA) is 55.1 Å². The Bertz CT molecular complexity index is 205. The van der Waals surface area contributed by atoms with E-state index in [1.165, 1.54) is 25.7 Å². The van der Waals surface area contributed by atoms with E-state index < -0.39 is 0 Å². The smallest absolute Gasteiger partial charge is 0.220 e. The van der Waals surface area contributed by atoms with Gasteiger partial charge in [0.2, 0.25) is 5.91 Å². The van der Waals surface area contributed by atoms with Crippen molar-refractivity contribution in [2.24, 2.45) is 11.7 Å². The van der Waals surface area contributed by atoms with Crippen LogP contribution in [0.1, 0.15) is 44.9 Å². The maximum absolute atomic E-state index is 11.6. The second-order valence-corrected chi connectivity index (χ2v) is 4.85. The molecule has 0 aromatic heterocycles. The Kier molecular flexibility index (Phi) is 3.06. The van der Waals surface area contributed by atoms with E-state index in [0.29, 0.717) is 18.0 Å². The first-order valence-electron chi connectivity index (χ1n) is 5.79. The molecular weight excluding hydrogens is 176 g/mol. The van der Waals surface area contributed by atoms with Crippen LogP contribution >= 0.6 is 0 Å². The molecule has 3 N–H and O–H groups in total. The summed E-state index contributed by atoms with van der Waals surface area (Å²) >= 11 is 0. The van der Waals surface area contributed by atoms with Gasteiger partial charge in [-0.3, -0.25) is 4.79 Å². The van der Waals surface area contributed by atoms with Crippen molar-refractivity contribution in [2.75, 3.05) is 0 Å². The van der Waals surface area contributed by atoms with Crippen LogP contribution in [-0.2, 0) is 4.79 Å². The van der Waals surface area contributed by atoms with Gasteiger partial charge in [0.1, 0.15) is 0 Å². The van der Waals surface area contributed by atoms with Gasteiger partial charge in [0, 0.05) is 18.5 Å². The molecule has 0 bridgehead atoms. The second kappa shape index (κ2) is 4.30. The highest BCUT2D eigenvalue weighted by Gasteiger charge is 2.28. The van der Waals surface area contributed by atoms with E-state index in [4.69, 9.17) is 5.73 Å². The first kappa shape index (κ1) is 9.97. The molecule has 2 rings (SSSR count). The number of nitrogens with two attached hydrogens (primary N) is 1. The van der Waals surface area contributed by atoms with Crippen LogP contribution in [0.5, 0.6) is 0 Å². The van der Waals surface area contributed by atoms with Gasteiger partial charge in [0.25, 0.3) is 0 Å². The molecule has 3 heteroatoms. The molecule has 0 aromatic rings. The zero-order chi connectivity index (χ0) is 9.97. The summed E-state index contributed by atoms with van der Waals surface area (Å²) in [6, 6.07) is 0.700. The highest BCUT2D eigenvalue weighted by molar-refractivity contribution is 5.76. The number of carbonyl (C=O) groups excluding carboxylic acids is 1. The molecule has 0 heterocycles. The standard InChI is InChI=1S/C11H20N2O/c12-9-6-10(7-9)13-11(14)5-8-3-1-2-4-8/h8-10H,1-7,12H2,(H,13,14). The van der Waals surface area contributed by atoms with Gasteiger partial charge in [-0.15, -0.1) is 0 Å². The van der Waals surface area contributed by atoms with Gasteiger partial charge < -0.3 is 11.1 Å². The van der Waals surface area contributed by atoms with Gasteiger partial charge in [-0.2, -0.15) is 0 Å². The zero-order valence-corrected chi connectivity index (χ0v) is 8.67. The Labute approximate surface area is 85.4 Å². The third-order valence-electron chi connectivity index (χ3n) is 3.49. The number of nitrogens with one attached hydrogen (secondary N) is 1. The van der Waals surface area contributed by atoms with Gasteiger partial charge in [0.15, 0.2) is 0 Å². The first-order chi connectivity index (χ1) is 6.74. The number of carbonyl (C=O) groups is 1. The van der Waals surface area contributed by atoms with Gasteiger partial charge >= 0.3 is 0 Å². The molecule has 2 saturated carbocycles. The van der Waals surface area contributed by atoms with Crippen LogP contribution < -0.4 is 11.1 Å². The summed E-state index contributed by atoms with van der Waals surface area (Å²) in [7, 11) is 0. The summed E-state index contributed by atoms with van der Waals surface area (Å²) in [4.78, 5) is 11.6. The molecule has 0 aromatic carbocycles. The Hall–Kier alpha value is -0.570. The highest BCUT2D eigenvalue weighted by atomic mass is 16.1.